The average molecular weight is 243 g/mol. The van der Waals surface area contributed by atoms with Crippen molar-refractivity contribution >= 4 is 10.8 Å². The molecule has 0 amide bonds. The molecule has 2 rings (SSSR count). The number of fused-ring (bicyclic) bond motifs is 1. The van der Waals surface area contributed by atoms with Crippen LogP contribution in [0.4, 0.5) is 0 Å². The van der Waals surface area contributed by atoms with E-state index in [4.69, 9.17) is 0 Å². The predicted molar refractivity (Wildman–Crippen MR) is 76.7 cm³/mol. The van der Waals surface area contributed by atoms with Gasteiger partial charge in [0, 0.05) is 6.04 Å². The molecule has 2 nitrogen and oxygen atoms in total. The van der Waals surface area contributed by atoms with Gasteiger partial charge in [-0.25, -0.2) is 0 Å². The Morgan fingerprint density at radius 3 is 2.56 bits per heavy atom. The van der Waals surface area contributed by atoms with Gasteiger partial charge in [0.25, 0.3) is 0 Å². The van der Waals surface area contributed by atoms with Crippen LogP contribution < -0.4 is 5.32 Å². The van der Waals surface area contributed by atoms with E-state index in [1.54, 1.807) is 0 Å². The van der Waals surface area contributed by atoms with E-state index in [2.05, 4.69) is 36.5 Å². The number of aliphatic hydroxyl groups is 1. The van der Waals surface area contributed by atoms with Gasteiger partial charge in [-0.3, -0.25) is 0 Å². The zero-order valence-electron chi connectivity index (χ0n) is 11.1. The summed E-state index contributed by atoms with van der Waals surface area (Å²) in [4.78, 5) is 0. The standard InChI is InChI=1S/C16H21NO/c1-3-10-17-12(2)16(18)15-9-8-13-6-4-5-7-14(13)11-15/h4-9,11-12,16-18H,3,10H2,1-2H3. The van der Waals surface area contributed by atoms with E-state index in [-0.39, 0.29) is 6.04 Å². The highest BCUT2D eigenvalue weighted by Crippen LogP contribution is 2.22. The second-order valence-corrected chi connectivity index (χ2v) is 4.79. The second kappa shape index (κ2) is 5.98. The number of rotatable bonds is 5. The molecule has 0 fully saturated rings. The molecule has 0 radical (unpaired) electrons. The van der Waals surface area contributed by atoms with Crippen molar-refractivity contribution in [3.05, 3.63) is 48.0 Å². The third-order valence-corrected chi connectivity index (χ3v) is 3.30. The minimum absolute atomic E-state index is 0.0751. The third-order valence-electron chi connectivity index (χ3n) is 3.30. The Kier molecular flexibility index (Phi) is 4.34. The first-order chi connectivity index (χ1) is 8.72. The van der Waals surface area contributed by atoms with Crippen molar-refractivity contribution in [2.24, 2.45) is 0 Å². The van der Waals surface area contributed by atoms with Crippen molar-refractivity contribution in [1.29, 1.82) is 0 Å². The minimum atomic E-state index is -0.457. The van der Waals surface area contributed by atoms with Gasteiger partial charge in [-0.05, 0) is 42.3 Å². The van der Waals surface area contributed by atoms with Gasteiger partial charge in [0.15, 0.2) is 0 Å². The number of nitrogens with one attached hydrogen (secondary N) is 1. The molecule has 0 aliphatic carbocycles. The number of aliphatic hydroxyl groups excluding tert-OH is 1. The fourth-order valence-corrected chi connectivity index (χ4v) is 2.16. The van der Waals surface area contributed by atoms with E-state index in [0.29, 0.717) is 0 Å². The summed E-state index contributed by atoms with van der Waals surface area (Å²) in [5.74, 6) is 0. The first-order valence-electron chi connectivity index (χ1n) is 6.62. The lowest BCUT2D eigenvalue weighted by molar-refractivity contribution is 0.136. The quantitative estimate of drug-likeness (QED) is 0.844. The highest BCUT2D eigenvalue weighted by atomic mass is 16.3. The van der Waals surface area contributed by atoms with Crippen molar-refractivity contribution in [2.75, 3.05) is 6.54 Å². The first kappa shape index (κ1) is 13.1. The van der Waals surface area contributed by atoms with Gasteiger partial charge < -0.3 is 10.4 Å². The Bertz CT molecular complexity index is 509. The third kappa shape index (κ3) is 2.89. The van der Waals surface area contributed by atoms with Gasteiger partial charge in [-0.15, -0.1) is 0 Å². The minimum Gasteiger partial charge on any atom is -0.387 e. The number of hydrogen-bond acceptors (Lipinski definition) is 2. The van der Waals surface area contributed by atoms with E-state index in [1.165, 1.54) is 10.8 Å². The summed E-state index contributed by atoms with van der Waals surface area (Å²) in [6.07, 6.45) is 0.621. The van der Waals surface area contributed by atoms with Crippen LogP contribution in [-0.2, 0) is 0 Å². The molecule has 96 valence electrons. The Morgan fingerprint density at radius 1 is 1.11 bits per heavy atom. The van der Waals surface area contributed by atoms with Crippen molar-refractivity contribution in [3.8, 4) is 0 Å². The lowest BCUT2D eigenvalue weighted by Crippen LogP contribution is -2.32. The molecule has 2 aromatic rings. The Hall–Kier alpha value is -1.38. The fourth-order valence-electron chi connectivity index (χ4n) is 2.16. The van der Waals surface area contributed by atoms with Gasteiger partial charge in [-0.1, -0.05) is 43.3 Å². The molecule has 2 atom stereocenters. The van der Waals surface area contributed by atoms with Gasteiger partial charge in [0.05, 0.1) is 6.10 Å². The van der Waals surface area contributed by atoms with Crippen LogP contribution >= 0.6 is 0 Å². The lowest BCUT2D eigenvalue weighted by Gasteiger charge is -2.20. The van der Waals surface area contributed by atoms with Gasteiger partial charge in [0.1, 0.15) is 0 Å². The molecule has 0 bridgehead atoms. The molecule has 0 heterocycles. The van der Waals surface area contributed by atoms with Crippen LogP contribution in [0.25, 0.3) is 10.8 Å². The molecule has 0 saturated heterocycles. The smallest absolute Gasteiger partial charge is 0.0940 e. The topological polar surface area (TPSA) is 32.3 Å². The van der Waals surface area contributed by atoms with E-state index in [9.17, 15) is 5.11 Å². The largest absolute Gasteiger partial charge is 0.387 e. The molecule has 0 saturated carbocycles. The maximum absolute atomic E-state index is 10.3. The normalized spacial score (nSPS) is 14.6. The molecule has 0 aromatic heterocycles. The van der Waals surface area contributed by atoms with Crippen LogP contribution in [0.1, 0.15) is 31.9 Å². The van der Waals surface area contributed by atoms with Gasteiger partial charge >= 0.3 is 0 Å². The van der Waals surface area contributed by atoms with Crippen LogP contribution in [0.2, 0.25) is 0 Å². The highest BCUT2D eigenvalue weighted by Gasteiger charge is 2.15. The van der Waals surface area contributed by atoms with Crippen molar-refractivity contribution in [2.45, 2.75) is 32.4 Å². The van der Waals surface area contributed by atoms with Crippen LogP contribution in [0.3, 0.4) is 0 Å². The van der Waals surface area contributed by atoms with Crippen molar-refractivity contribution in [1.82, 2.24) is 5.32 Å². The summed E-state index contributed by atoms with van der Waals surface area (Å²) < 4.78 is 0. The number of benzene rings is 2. The molecule has 0 spiro atoms. The molecular weight excluding hydrogens is 222 g/mol. The molecule has 2 unspecified atom stereocenters. The molecule has 0 aliphatic heterocycles. The zero-order chi connectivity index (χ0) is 13.0. The molecule has 2 heteroatoms. The molecule has 0 aliphatic rings. The summed E-state index contributed by atoms with van der Waals surface area (Å²) in [5.41, 5.74) is 0.977. The lowest BCUT2D eigenvalue weighted by atomic mass is 10.00. The Morgan fingerprint density at radius 2 is 1.83 bits per heavy atom. The highest BCUT2D eigenvalue weighted by molar-refractivity contribution is 5.83. The Labute approximate surface area is 109 Å². The van der Waals surface area contributed by atoms with Gasteiger partial charge in [0.2, 0.25) is 0 Å². The summed E-state index contributed by atoms with van der Waals surface area (Å²) in [6.45, 7) is 5.09. The maximum atomic E-state index is 10.3. The maximum Gasteiger partial charge on any atom is 0.0940 e. The SMILES string of the molecule is CCCNC(C)C(O)c1ccc2ccccc2c1. The van der Waals surface area contributed by atoms with E-state index < -0.39 is 6.10 Å². The summed E-state index contributed by atoms with van der Waals surface area (Å²) in [6, 6.07) is 14.5. The molecular formula is C16H21NO. The van der Waals surface area contributed by atoms with E-state index in [1.807, 2.05) is 25.1 Å². The van der Waals surface area contributed by atoms with Crippen LogP contribution in [-0.4, -0.2) is 17.7 Å². The monoisotopic (exact) mass is 243 g/mol. The number of hydrogen-bond donors (Lipinski definition) is 2. The predicted octanol–water partition coefficient (Wildman–Crippen LogP) is 3.26. The summed E-state index contributed by atoms with van der Waals surface area (Å²) in [5, 5.41) is 16.0. The molecule has 2 aromatic carbocycles. The van der Waals surface area contributed by atoms with Crippen molar-refractivity contribution < 1.29 is 5.11 Å². The fraction of sp³-hybridized carbons (Fsp3) is 0.375. The van der Waals surface area contributed by atoms with E-state index in [0.717, 1.165) is 18.5 Å². The van der Waals surface area contributed by atoms with E-state index >= 15 is 0 Å². The first-order valence-corrected chi connectivity index (χ1v) is 6.62. The average Bonchev–Trinajstić information content (AvgIpc) is 2.43. The van der Waals surface area contributed by atoms with Crippen LogP contribution in [0, 0.1) is 0 Å². The summed E-state index contributed by atoms with van der Waals surface area (Å²) >= 11 is 0. The van der Waals surface area contributed by atoms with Crippen LogP contribution in [0.5, 0.6) is 0 Å². The van der Waals surface area contributed by atoms with Crippen LogP contribution in [0.15, 0.2) is 42.5 Å². The van der Waals surface area contributed by atoms with Crippen molar-refractivity contribution in [3.63, 3.8) is 0 Å². The second-order valence-electron chi connectivity index (χ2n) is 4.79. The molecule has 2 N–H and O–H groups in total. The Balaban J connectivity index is 2.19. The zero-order valence-corrected chi connectivity index (χ0v) is 11.1. The summed E-state index contributed by atoms with van der Waals surface area (Å²) in [7, 11) is 0. The van der Waals surface area contributed by atoms with Gasteiger partial charge in [-0.2, -0.15) is 0 Å². The molecule has 18 heavy (non-hydrogen) atoms.